The van der Waals surface area contributed by atoms with Crippen LogP contribution in [-0.4, -0.2) is 31.3 Å². The molecule has 0 bridgehead atoms. The van der Waals surface area contributed by atoms with Crippen LogP contribution in [0.5, 0.6) is 11.5 Å². The quantitative estimate of drug-likeness (QED) is 0.488. The number of nitrogens with one attached hydrogen (secondary N) is 2. The van der Waals surface area contributed by atoms with E-state index in [9.17, 15) is 4.39 Å². The molecular weight excluding hydrogens is 425 g/mol. The maximum absolute atomic E-state index is 13.7. The molecule has 1 fully saturated rings. The van der Waals surface area contributed by atoms with E-state index in [0.717, 1.165) is 23.4 Å². The number of aryl methyl sites for hydroxylation is 2. The van der Waals surface area contributed by atoms with Gasteiger partial charge in [-0.05, 0) is 79.0 Å². The fourth-order valence-corrected chi connectivity index (χ4v) is 3.31. The van der Waals surface area contributed by atoms with Crippen molar-refractivity contribution in [3.05, 3.63) is 51.7 Å². The third-order valence-corrected chi connectivity index (χ3v) is 5.18. The number of ether oxygens (including phenoxy) is 2. The number of morpholine rings is 1. The van der Waals surface area contributed by atoms with Crippen LogP contribution >= 0.6 is 15.9 Å². The highest BCUT2D eigenvalue weighted by Gasteiger charge is 2.29. The molecule has 2 N–H and O–H groups in total. The Morgan fingerprint density at radius 3 is 2.82 bits per heavy atom. The van der Waals surface area contributed by atoms with Crippen molar-refractivity contribution in [2.45, 2.75) is 39.5 Å². The van der Waals surface area contributed by atoms with Gasteiger partial charge < -0.3 is 20.1 Å². The molecule has 2 aromatic rings. The molecule has 1 heterocycles. The van der Waals surface area contributed by atoms with Crippen LogP contribution in [0, 0.1) is 19.7 Å². The summed E-state index contributed by atoms with van der Waals surface area (Å²) in [6.45, 7) is 9.41. The Morgan fingerprint density at radius 1 is 1.32 bits per heavy atom. The van der Waals surface area contributed by atoms with Crippen molar-refractivity contribution in [2.75, 3.05) is 18.4 Å². The van der Waals surface area contributed by atoms with Crippen molar-refractivity contribution in [1.82, 2.24) is 5.32 Å². The number of hydrogen-bond acceptors (Lipinski definition) is 4. The maximum Gasteiger partial charge on any atom is 0.170 e. The van der Waals surface area contributed by atoms with Gasteiger partial charge >= 0.3 is 0 Å². The Morgan fingerprint density at radius 2 is 2.11 bits per heavy atom. The van der Waals surface area contributed by atoms with Crippen LogP contribution < -0.4 is 15.4 Å². The molecule has 1 aliphatic rings. The monoisotopic (exact) mass is 449 g/mol. The SMILES string of the molecule is Cc1cc(Oc2ccc(Br)c(F)c2)c(C)cc1NC=NC1(C)CNCC(C)O1. The van der Waals surface area contributed by atoms with Crippen LogP contribution in [0.25, 0.3) is 0 Å². The zero-order valence-electron chi connectivity index (χ0n) is 16.5. The van der Waals surface area contributed by atoms with Crippen LogP contribution in [0.2, 0.25) is 0 Å². The zero-order valence-corrected chi connectivity index (χ0v) is 18.1. The third-order valence-electron chi connectivity index (χ3n) is 4.54. The topological polar surface area (TPSA) is 54.9 Å². The van der Waals surface area contributed by atoms with Gasteiger partial charge in [0.15, 0.2) is 5.72 Å². The van der Waals surface area contributed by atoms with Crippen molar-refractivity contribution in [3.8, 4) is 11.5 Å². The van der Waals surface area contributed by atoms with Gasteiger partial charge in [-0.1, -0.05) is 0 Å². The smallest absolute Gasteiger partial charge is 0.170 e. The predicted molar refractivity (Wildman–Crippen MR) is 114 cm³/mol. The molecule has 1 aliphatic heterocycles. The lowest BCUT2D eigenvalue weighted by atomic mass is 10.1. The van der Waals surface area contributed by atoms with Gasteiger partial charge in [-0.25, -0.2) is 9.38 Å². The predicted octanol–water partition coefficient (Wildman–Crippen LogP) is 5.16. The summed E-state index contributed by atoms with van der Waals surface area (Å²) in [5.74, 6) is 0.778. The Kier molecular flexibility index (Phi) is 6.37. The van der Waals surface area contributed by atoms with Crippen LogP contribution in [0.3, 0.4) is 0 Å². The molecule has 0 aromatic heterocycles. The minimum absolute atomic E-state index is 0.125. The molecule has 3 rings (SSSR count). The summed E-state index contributed by atoms with van der Waals surface area (Å²) in [7, 11) is 0. The molecule has 0 saturated carbocycles. The Labute approximate surface area is 173 Å². The minimum Gasteiger partial charge on any atom is -0.457 e. The molecule has 2 unspecified atom stereocenters. The van der Waals surface area contributed by atoms with Crippen LogP contribution in [-0.2, 0) is 4.74 Å². The van der Waals surface area contributed by atoms with Crippen molar-refractivity contribution in [3.63, 3.8) is 0 Å². The second-order valence-corrected chi connectivity index (χ2v) is 8.10. The van der Waals surface area contributed by atoms with E-state index in [1.165, 1.54) is 6.07 Å². The van der Waals surface area contributed by atoms with E-state index in [4.69, 9.17) is 9.47 Å². The molecule has 2 aromatic carbocycles. The number of anilines is 1. The number of rotatable bonds is 5. The lowest BCUT2D eigenvalue weighted by Crippen LogP contribution is -2.50. The molecule has 1 saturated heterocycles. The van der Waals surface area contributed by atoms with Gasteiger partial charge in [0.25, 0.3) is 0 Å². The third kappa shape index (κ3) is 5.10. The van der Waals surface area contributed by atoms with Gasteiger partial charge in [0.2, 0.25) is 0 Å². The number of nitrogens with zero attached hydrogens (tertiary/aromatic N) is 1. The lowest BCUT2D eigenvalue weighted by Gasteiger charge is -2.34. The highest BCUT2D eigenvalue weighted by molar-refractivity contribution is 9.10. The summed E-state index contributed by atoms with van der Waals surface area (Å²) in [5, 5.41) is 6.55. The number of halogens is 2. The molecule has 7 heteroatoms. The summed E-state index contributed by atoms with van der Waals surface area (Å²) < 4.78 is 25.9. The van der Waals surface area contributed by atoms with Crippen LogP contribution in [0.15, 0.2) is 39.8 Å². The second-order valence-electron chi connectivity index (χ2n) is 7.25. The van der Waals surface area contributed by atoms with E-state index in [1.54, 1.807) is 18.5 Å². The van der Waals surface area contributed by atoms with Gasteiger partial charge in [0.1, 0.15) is 17.3 Å². The molecule has 28 heavy (non-hydrogen) atoms. The molecular formula is C21H25BrFN3O2. The zero-order chi connectivity index (χ0) is 20.3. The van der Waals surface area contributed by atoms with Gasteiger partial charge in [0.05, 0.1) is 16.9 Å². The number of hydrogen-bond donors (Lipinski definition) is 2. The van der Waals surface area contributed by atoms with E-state index >= 15 is 0 Å². The fraction of sp³-hybridized carbons (Fsp3) is 0.381. The molecule has 0 aliphatic carbocycles. The van der Waals surface area contributed by atoms with Gasteiger partial charge in [-0.3, -0.25) is 0 Å². The first-order valence-corrected chi connectivity index (χ1v) is 9.98. The summed E-state index contributed by atoms with van der Waals surface area (Å²) in [5.41, 5.74) is 2.27. The van der Waals surface area contributed by atoms with Crippen LogP contribution in [0.1, 0.15) is 25.0 Å². The maximum atomic E-state index is 13.7. The summed E-state index contributed by atoms with van der Waals surface area (Å²) in [6, 6.07) is 8.62. The molecule has 0 amide bonds. The Hall–Kier alpha value is -1.96. The molecule has 5 nitrogen and oxygen atoms in total. The van der Waals surface area contributed by atoms with Crippen LogP contribution in [0.4, 0.5) is 10.1 Å². The van der Waals surface area contributed by atoms with E-state index in [0.29, 0.717) is 22.5 Å². The molecule has 0 spiro atoms. The van der Waals surface area contributed by atoms with E-state index < -0.39 is 5.72 Å². The largest absolute Gasteiger partial charge is 0.457 e. The van der Waals surface area contributed by atoms with Gasteiger partial charge in [-0.15, -0.1) is 0 Å². The minimum atomic E-state index is -0.581. The van der Waals surface area contributed by atoms with Gasteiger partial charge in [0, 0.05) is 24.8 Å². The highest BCUT2D eigenvalue weighted by Crippen LogP contribution is 2.31. The number of benzene rings is 2. The van der Waals surface area contributed by atoms with Crippen molar-refractivity contribution in [1.29, 1.82) is 0 Å². The van der Waals surface area contributed by atoms with Crippen molar-refractivity contribution < 1.29 is 13.9 Å². The number of aliphatic imine (C=N–C) groups is 1. The molecule has 2 atom stereocenters. The first kappa shape index (κ1) is 20.8. The first-order chi connectivity index (χ1) is 13.3. The Balaban J connectivity index is 1.71. The van der Waals surface area contributed by atoms with E-state index in [1.807, 2.05) is 39.8 Å². The lowest BCUT2D eigenvalue weighted by molar-refractivity contribution is -0.0910. The molecule has 0 radical (unpaired) electrons. The average Bonchev–Trinajstić information content (AvgIpc) is 2.62. The highest BCUT2D eigenvalue weighted by atomic mass is 79.9. The summed E-state index contributed by atoms with van der Waals surface area (Å²) >= 11 is 3.15. The van der Waals surface area contributed by atoms with Gasteiger partial charge in [-0.2, -0.15) is 0 Å². The second kappa shape index (κ2) is 8.59. The summed E-state index contributed by atoms with van der Waals surface area (Å²) in [4.78, 5) is 4.54. The molecule has 150 valence electrons. The Bertz CT molecular complexity index is 890. The fourth-order valence-electron chi connectivity index (χ4n) is 3.06. The average molecular weight is 450 g/mol. The van der Waals surface area contributed by atoms with E-state index in [2.05, 4.69) is 31.6 Å². The van der Waals surface area contributed by atoms with Crippen molar-refractivity contribution >= 4 is 28.0 Å². The van der Waals surface area contributed by atoms with Crippen molar-refractivity contribution in [2.24, 2.45) is 4.99 Å². The first-order valence-electron chi connectivity index (χ1n) is 9.19. The van der Waals surface area contributed by atoms with E-state index in [-0.39, 0.29) is 11.9 Å². The summed E-state index contributed by atoms with van der Waals surface area (Å²) in [6.07, 6.45) is 1.80. The normalized spacial score (nSPS) is 22.4. The standard InChI is InChI=1S/C21H25BrFN3O2/c1-13-8-20(27-16-5-6-17(22)18(23)9-16)14(2)7-19(13)25-12-26-21(4)11-24-10-15(3)28-21/h5-9,12,15,24H,10-11H2,1-4H3,(H,25,26).